The standard InChI is InChI=1S/C25H25N3O4/c1-25(2)9-7-16-23(32-25)15(8-10-28(3)4)21(29)20-22(30)17(12-31-24(16)20)14-5-6-18-19(11-14)27-13-26-18/h5-7,9,11-13,29H,8,10H2,1-4H3,(H,26,27). The molecule has 1 aliphatic rings. The number of aromatic nitrogens is 2. The van der Waals surface area contributed by atoms with E-state index in [0.717, 1.165) is 11.0 Å². The van der Waals surface area contributed by atoms with E-state index in [4.69, 9.17) is 9.15 Å². The van der Waals surface area contributed by atoms with Gasteiger partial charge < -0.3 is 24.1 Å². The molecule has 0 atom stereocenters. The Hall–Kier alpha value is -3.58. The van der Waals surface area contributed by atoms with Crippen molar-refractivity contribution in [3.05, 3.63) is 58.2 Å². The van der Waals surface area contributed by atoms with Crippen molar-refractivity contribution in [2.24, 2.45) is 0 Å². The van der Waals surface area contributed by atoms with Crippen molar-refractivity contribution in [2.75, 3.05) is 20.6 Å². The molecule has 0 radical (unpaired) electrons. The van der Waals surface area contributed by atoms with E-state index in [1.165, 1.54) is 6.26 Å². The molecular weight excluding hydrogens is 406 g/mol. The number of benzene rings is 2. The summed E-state index contributed by atoms with van der Waals surface area (Å²) < 4.78 is 12.2. The number of fused-ring (bicyclic) bond motifs is 4. The van der Waals surface area contributed by atoms with Gasteiger partial charge >= 0.3 is 0 Å². The van der Waals surface area contributed by atoms with Crippen LogP contribution in [0.5, 0.6) is 11.5 Å². The SMILES string of the molecule is CN(C)CCc1c2c(c3occ(-c4ccc5nc[nH]c5c4)c(=O)c3c1O)C=CC(C)(C)O2. The average Bonchev–Trinajstić information content (AvgIpc) is 3.20. The third kappa shape index (κ3) is 3.26. The summed E-state index contributed by atoms with van der Waals surface area (Å²) in [6, 6.07) is 5.53. The zero-order valence-electron chi connectivity index (χ0n) is 18.5. The van der Waals surface area contributed by atoms with Crippen LogP contribution < -0.4 is 10.2 Å². The highest BCUT2D eigenvalue weighted by molar-refractivity contribution is 5.97. The number of phenolic OH excluding ortho intramolecular Hbond substituents is 1. The molecule has 2 aromatic carbocycles. The maximum absolute atomic E-state index is 13.6. The van der Waals surface area contributed by atoms with Gasteiger partial charge in [-0.15, -0.1) is 0 Å². The molecular formula is C25H25N3O4. The summed E-state index contributed by atoms with van der Waals surface area (Å²) in [7, 11) is 3.93. The van der Waals surface area contributed by atoms with Gasteiger partial charge in [0.05, 0.1) is 28.5 Å². The molecule has 1 aliphatic heterocycles. The predicted molar refractivity (Wildman–Crippen MR) is 125 cm³/mol. The predicted octanol–water partition coefficient (Wildman–Crippen LogP) is 4.33. The Balaban J connectivity index is 1.77. The lowest BCUT2D eigenvalue weighted by Crippen LogP contribution is -2.29. The molecule has 0 bridgehead atoms. The molecule has 4 aromatic rings. The van der Waals surface area contributed by atoms with Gasteiger partial charge in [-0.25, -0.2) is 4.98 Å². The number of nitrogens with one attached hydrogen (secondary N) is 1. The van der Waals surface area contributed by atoms with Crippen LogP contribution >= 0.6 is 0 Å². The molecule has 7 nitrogen and oxygen atoms in total. The molecule has 2 N–H and O–H groups in total. The number of aromatic amines is 1. The lowest BCUT2D eigenvalue weighted by molar-refractivity contribution is 0.156. The van der Waals surface area contributed by atoms with Crippen LogP contribution in [0.1, 0.15) is 25.0 Å². The fourth-order valence-corrected chi connectivity index (χ4v) is 4.12. The van der Waals surface area contributed by atoms with Crippen LogP contribution in [-0.4, -0.2) is 46.2 Å². The number of H-pyrrole nitrogens is 1. The fourth-order valence-electron chi connectivity index (χ4n) is 4.12. The second-order valence-corrected chi connectivity index (χ2v) is 8.98. The summed E-state index contributed by atoms with van der Waals surface area (Å²) in [4.78, 5) is 22.9. The van der Waals surface area contributed by atoms with Crippen molar-refractivity contribution in [2.45, 2.75) is 25.9 Å². The Labute approximate surface area is 185 Å². The normalized spacial score (nSPS) is 14.8. The van der Waals surface area contributed by atoms with E-state index < -0.39 is 5.60 Å². The first-order valence-electron chi connectivity index (χ1n) is 10.5. The Kier molecular flexibility index (Phi) is 4.60. The van der Waals surface area contributed by atoms with Crippen LogP contribution in [-0.2, 0) is 6.42 Å². The highest BCUT2D eigenvalue weighted by Crippen LogP contribution is 2.44. The molecule has 2 aromatic heterocycles. The molecule has 5 rings (SSSR count). The molecule has 0 fully saturated rings. The van der Waals surface area contributed by atoms with Crippen molar-refractivity contribution in [1.82, 2.24) is 14.9 Å². The summed E-state index contributed by atoms with van der Waals surface area (Å²) >= 11 is 0. The monoisotopic (exact) mass is 431 g/mol. The maximum atomic E-state index is 13.6. The Morgan fingerprint density at radius 3 is 2.84 bits per heavy atom. The lowest BCUT2D eigenvalue weighted by Gasteiger charge is -2.30. The number of aromatic hydroxyl groups is 1. The number of likely N-dealkylation sites (N-methyl/N-ethyl adjacent to an activating group) is 1. The van der Waals surface area contributed by atoms with Gasteiger partial charge in [-0.2, -0.15) is 0 Å². The third-order valence-corrected chi connectivity index (χ3v) is 5.84. The minimum atomic E-state index is -0.528. The second kappa shape index (κ2) is 7.24. The first-order valence-corrected chi connectivity index (χ1v) is 10.5. The average molecular weight is 431 g/mol. The summed E-state index contributed by atoms with van der Waals surface area (Å²) in [6.07, 6.45) is 7.45. The van der Waals surface area contributed by atoms with Gasteiger partial charge in [-0.05, 0) is 64.2 Å². The van der Waals surface area contributed by atoms with Gasteiger partial charge in [-0.1, -0.05) is 6.07 Å². The quantitative estimate of drug-likeness (QED) is 0.500. The topological polar surface area (TPSA) is 91.6 Å². The van der Waals surface area contributed by atoms with Crippen molar-refractivity contribution in [1.29, 1.82) is 0 Å². The number of imidazole rings is 1. The number of rotatable bonds is 4. The number of ether oxygens (including phenoxy) is 1. The zero-order valence-corrected chi connectivity index (χ0v) is 18.5. The highest BCUT2D eigenvalue weighted by Gasteiger charge is 2.30. The van der Waals surface area contributed by atoms with Crippen LogP contribution in [0.25, 0.3) is 39.2 Å². The molecule has 0 spiro atoms. The van der Waals surface area contributed by atoms with Crippen LogP contribution in [0.15, 0.2) is 46.1 Å². The van der Waals surface area contributed by atoms with Gasteiger partial charge in [0.25, 0.3) is 0 Å². The molecule has 164 valence electrons. The first-order chi connectivity index (χ1) is 15.2. The van der Waals surface area contributed by atoms with Crippen LogP contribution in [0.3, 0.4) is 0 Å². The molecule has 0 saturated heterocycles. The first kappa shape index (κ1) is 20.3. The van der Waals surface area contributed by atoms with Gasteiger partial charge in [-0.3, -0.25) is 4.79 Å². The summed E-state index contributed by atoms with van der Waals surface area (Å²) in [5.74, 6) is 0.490. The summed E-state index contributed by atoms with van der Waals surface area (Å²) in [6.45, 7) is 4.60. The van der Waals surface area contributed by atoms with Crippen LogP contribution in [0.4, 0.5) is 0 Å². The van der Waals surface area contributed by atoms with E-state index in [0.29, 0.717) is 46.6 Å². The van der Waals surface area contributed by atoms with E-state index in [-0.39, 0.29) is 16.6 Å². The van der Waals surface area contributed by atoms with Crippen LogP contribution in [0, 0.1) is 0 Å². The van der Waals surface area contributed by atoms with Crippen molar-refractivity contribution in [3.8, 4) is 22.6 Å². The second-order valence-electron chi connectivity index (χ2n) is 8.98. The van der Waals surface area contributed by atoms with Gasteiger partial charge in [0.1, 0.15) is 28.7 Å². The largest absolute Gasteiger partial charge is 0.507 e. The van der Waals surface area contributed by atoms with Gasteiger partial charge in [0, 0.05) is 12.1 Å². The highest BCUT2D eigenvalue weighted by atomic mass is 16.5. The molecule has 0 unspecified atom stereocenters. The number of hydrogen-bond donors (Lipinski definition) is 2. The van der Waals surface area contributed by atoms with E-state index in [1.54, 1.807) is 6.33 Å². The maximum Gasteiger partial charge on any atom is 0.204 e. The third-order valence-electron chi connectivity index (χ3n) is 5.84. The number of hydrogen-bond acceptors (Lipinski definition) is 6. The minimum Gasteiger partial charge on any atom is -0.507 e. The lowest BCUT2D eigenvalue weighted by atomic mass is 9.94. The molecule has 0 aliphatic carbocycles. The van der Waals surface area contributed by atoms with Crippen molar-refractivity contribution >= 4 is 28.1 Å². The van der Waals surface area contributed by atoms with E-state index >= 15 is 0 Å². The van der Waals surface area contributed by atoms with E-state index in [1.807, 2.05) is 63.2 Å². The summed E-state index contributed by atoms with van der Waals surface area (Å²) in [5.41, 5.74) is 3.52. The van der Waals surface area contributed by atoms with Gasteiger partial charge in [0.15, 0.2) is 5.58 Å². The van der Waals surface area contributed by atoms with Crippen molar-refractivity contribution in [3.63, 3.8) is 0 Å². The van der Waals surface area contributed by atoms with E-state index in [2.05, 4.69) is 9.97 Å². The minimum absolute atomic E-state index is 0.0788. The zero-order chi connectivity index (χ0) is 22.6. The smallest absolute Gasteiger partial charge is 0.204 e. The number of phenols is 1. The van der Waals surface area contributed by atoms with Gasteiger partial charge in [0.2, 0.25) is 5.43 Å². The molecule has 0 saturated carbocycles. The molecule has 7 heteroatoms. The van der Waals surface area contributed by atoms with Crippen molar-refractivity contribution < 1.29 is 14.3 Å². The Bertz CT molecular complexity index is 1440. The number of nitrogens with zero attached hydrogens (tertiary/aromatic N) is 2. The Morgan fingerprint density at radius 1 is 1.25 bits per heavy atom. The fraction of sp³-hybridized carbons (Fsp3) is 0.280. The molecule has 3 heterocycles. The van der Waals surface area contributed by atoms with Crippen LogP contribution in [0.2, 0.25) is 0 Å². The summed E-state index contributed by atoms with van der Waals surface area (Å²) in [5, 5.41) is 11.5. The molecule has 32 heavy (non-hydrogen) atoms. The molecule has 0 amide bonds. The van der Waals surface area contributed by atoms with E-state index in [9.17, 15) is 9.90 Å². The Morgan fingerprint density at radius 2 is 2.06 bits per heavy atom.